The quantitative estimate of drug-likeness (QED) is 0.527. The number of hydrogen-bond acceptors (Lipinski definition) is 4. The van der Waals surface area contributed by atoms with Crippen LogP contribution in [-0.4, -0.2) is 26.3 Å². The Morgan fingerprint density at radius 1 is 1.54 bits per heavy atom. The van der Waals surface area contributed by atoms with Crippen LogP contribution in [0.15, 0.2) is 10.6 Å². The topological polar surface area (TPSA) is 52.3 Å². The van der Waals surface area contributed by atoms with Crippen LogP contribution in [0.2, 0.25) is 19.6 Å². The molecule has 5 heteroatoms. The Balaban J connectivity index is 2.93. The molecule has 0 fully saturated rings. The molecule has 0 N–H and O–H groups in total. The molecule has 0 spiro atoms. The number of methoxy groups -OCH3 is 1. The Morgan fingerprint density at radius 2 is 2.15 bits per heavy atom. The van der Waals surface area contributed by atoms with E-state index in [1.165, 1.54) is 7.11 Å². The minimum absolute atomic E-state index is 0.250. The summed E-state index contributed by atoms with van der Waals surface area (Å²) in [5.41, 5.74) is 0.250. The summed E-state index contributed by atoms with van der Waals surface area (Å²) >= 11 is 0. The van der Waals surface area contributed by atoms with Crippen LogP contribution in [-0.2, 0) is 4.74 Å². The molecule has 0 saturated carbocycles. The summed E-state index contributed by atoms with van der Waals surface area (Å²) in [5, 5.41) is 4.45. The minimum atomic E-state index is -1.51. The standard InChI is InChI=1S/C8H13NO3Si/c1-11-8(10)6-5-7(12-9-6)13(2,3)4/h5H,1-4H3. The molecule has 0 amide bonds. The Kier molecular flexibility index (Phi) is 2.56. The summed E-state index contributed by atoms with van der Waals surface area (Å²) in [5.74, 6) is -0.451. The zero-order valence-corrected chi connectivity index (χ0v) is 9.25. The van der Waals surface area contributed by atoms with Gasteiger partial charge in [0.05, 0.1) is 7.11 Å². The largest absolute Gasteiger partial charge is 0.464 e. The third-order valence-electron chi connectivity index (χ3n) is 1.64. The van der Waals surface area contributed by atoms with Crippen LogP contribution in [0.1, 0.15) is 10.5 Å². The fourth-order valence-corrected chi connectivity index (χ4v) is 1.72. The lowest BCUT2D eigenvalue weighted by Crippen LogP contribution is -2.36. The van der Waals surface area contributed by atoms with Crippen molar-refractivity contribution in [2.45, 2.75) is 19.6 Å². The van der Waals surface area contributed by atoms with Crippen molar-refractivity contribution < 1.29 is 14.1 Å². The van der Waals surface area contributed by atoms with E-state index in [-0.39, 0.29) is 5.69 Å². The van der Waals surface area contributed by atoms with Crippen LogP contribution in [0.25, 0.3) is 0 Å². The maximum atomic E-state index is 11.0. The monoisotopic (exact) mass is 199 g/mol. The van der Waals surface area contributed by atoms with E-state index < -0.39 is 14.0 Å². The fraction of sp³-hybridized carbons (Fsp3) is 0.500. The molecule has 0 aliphatic heterocycles. The molecule has 0 atom stereocenters. The Hall–Kier alpha value is -1.10. The lowest BCUT2D eigenvalue weighted by Gasteiger charge is -2.08. The number of carbonyl (C=O) groups is 1. The molecule has 0 radical (unpaired) electrons. The molecule has 0 aliphatic rings. The van der Waals surface area contributed by atoms with Gasteiger partial charge in [-0.15, -0.1) is 0 Å². The van der Waals surface area contributed by atoms with E-state index >= 15 is 0 Å². The Labute approximate surface area is 77.9 Å². The highest BCUT2D eigenvalue weighted by Crippen LogP contribution is 2.04. The van der Waals surface area contributed by atoms with E-state index in [9.17, 15) is 4.79 Å². The maximum Gasteiger partial charge on any atom is 0.360 e. The third kappa shape index (κ3) is 2.18. The predicted octanol–water partition coefficient (Wildman–Crippen LogP) is 1.01. The molecule has 1 aromatic rings. The van der Waals surface area contributed by atoms with Crippen LogP contribution in [0, 0.1) is 0 Å². The van der Waals surface area contributed by atoms with Gasteiger partial charge in [0.1, 0.15) is 13.5 Å². The molecule has 0 unspecified atom stereocenters. The summed E-state index contributed by atoms with van der Waals surface area (Å²) in [4.78, 5) is 11.0. The first-order valence-corrected chi connectivity index (χ1v) is 7.50. The number of esters is 1. The van der Waals surface area contributed by atoms with Gasteiger partial charge < -0.3 is 9.26 Å². The molecular formula is C8H13NO3Si. The van der Waals surface area contributed by atoms with Gasteiger partial charge in [-0.1, -0.05) is 24.8 Å². The summed E-state index contributed by atoms with van der Waals surface area (Å²) in [6.45, 7) is 6.36. The molecule has 1 aromatic heterocycles. The van der Waals surface area contributed by atoms with Crippen molar-refractivity contribution >= 4 is 19.4 Å². The molecule has 0 aromatic carbocycles. The van der Waals surface area contributed by atoms with Crippen LogP contribution in [0.4, 0.5) is 0 Å². The number of nitrogens with zero attached hydrogens (tertiary/aromatic N) is 1. The van der Waals surface area contributed by atoms with Gasteiger partial charge in [-0.3, -0.25) is 0 Å². The Bertz CT molecular complexity index is 313. The van der Waals surface area contributed by atoms with Crippen molar-refractivity contribution in [3.8, 4) is 0 Å². The molecule has 0 aliphatic carbocycles. The molecule has 1 rings (SSSR count). The van der Waals surface area contributed by atoms with Gasteiger partial charge in [0.25, 0.3) is 0 Å². The van der Waals surface area contributed by atoms with Crippen molar-refractivity contribution in [3.05, 3.63) is 11.8 Å². The average molecular weight is 199 g/mol. The van der Waals surface area contributed by atoms with Crippen molar-refractivity contribution in [2.75, 3.05) is 7.11 Å². The first-order valence-electron chi connectivity index (χ1n) is 4.00. The Morgan fingerprint density at radius 3 is 2.54 bits per heavy atom. The number of carbonyl (C=O) groups excluding carboxylic acids is 1. The SMILES string of the molecule is COC(=O)c1cc([Si](C)(C)C)on1. The molecule has 13 heavy (non-hydrogen) atoms. The molecule has 0 bridgehead atoms. The van der Waals surface area contributed by atoms with Crippen LogP contribution >= 0.6 is 0 Å². The highest BCUT2D eigenvalue weighted by molar-refractivity contribution is 6.87. The second kappa shape index (κ2) is 3.33. The maximum absolute atomic E-state index is 11.0. The normalized spacial score (nSPS) is 11.4. The van der Waals surface area contributed by atoms with Crippen LogP contribution in [0.5, 0.6) is 0 Å². The number of aromatic nitrogens is 1. The zero-order chi connectivity index (χ0) is 10.1. The van der Waals surface area contributed by atoms with E-state index in [0.717, 1.165) is 5.38 Å². The lowest BCUT2D eigenvalue weighted by atomic mass is 10.4. The van der Waals surface area contributed by atoms with E-state index in [1.54, 1.807) is 6.07 Å². The van der Waals surface area contributed by atoms with E-state index in [2.05, 4.69) is 29.5 Å². The summed E-state index contributed by atoms with van der Waals surface area (Å²) < 4.78 is 9.58. The highest BCUT2D eigenvalue weighted by Gasteiger charge is 2.24. The van der Waals surface area contributed by atoms with Gasteiger partial charge in [-0.2, -0.15) is 0 Å². The highest BCUT2D eigenvalue weighted by atomic mass is 28.3. The third-order valence-corrected chi connectivity index (χ3v) is 3.36. The molecule has 1 heterocycles. The zero-order valence-electron chi connectivity index (χ0n) is 8.25. The van der Waals surface area contributed by atoms with Gasteiger partial charge in [0.2, 0.25) is 0 Å². The first kappa shape index (κ1) is 9.98. The average Bonchev–Trinajstić information content (AvgIpc) is 2.50. The smallest absolute Gasteiger partial charge is 0.360 e. The predicted molar refractivity (Wildman–Crippen MR) is 50.8 cm³/mol. The number of hydrogen-bond donors (Lipinski definition) is 0. The molecular weight excluding hydrogens is 186 g/mol. The summed E-state index contributed by atoms with van der Waals surface area (Å²) in [6, 6.07) is 1.66. The summed E-state index contributed by atoms with van der Waals surface area (Å²) in [6.07, 6.45) is 0. The van der Waals surface area contributed by atoms with E-state index in [1.807, 2.05) is 0 Å². The summed E-state index contributed by atoms with van der Waals surface area (Å²) in [7, 11) is -0.183. The second-order valence-electron chi connectivity index (χ2n) is 3.82. The van der Waals surface area contributed by atoms with Crippen LogP contribution in [0.3, 0.4) is 0 Å². The van der Waals surface area contributed by atoms with Gasteiger partial charge in [0.15, 0.2) is 5.69 Å². The van der Waals surface area contributed by atoms with Gasteiger partial charge in [0, 0.05) is 6.07 Å². The molecule has 4 nitrogen and oxygen atoms in total. The van der Waals surface area contributed by atoms with Crippen molar-refractivity contribution in [1.29, 1.82) is 0 Å². The molecule has 72 valence electrons. The van der Waals surface area contributed by atoms with Crippen LogP contribution < -0.4 is 5.38 Å². The van der Waals surface area contributed by atoms with Crippen molar-refractivity contribution in [2.24, 2.45) is 0 Å². The van der Waals surface area contributed by atoms with Gasteiger partial charge in [-0.25, -0.2) is 4.79 Å². The molecule has 0 saturated heterocycles. The van der Waals surface area contributed by atoms with Gasteiger partial charge >= 0.3 is 5.97 Å². The number of ether oxygens (including phenoxy) is 1. The minimum Gasteiger partial charge on any atom is -0.464 e. The fourth-order valence-electron chi connectivity index (χ4n) is 0.829. The van der Waals surface area contributed by atoms with Crippen molar-refractivity contribution in [3.63, 3.8) is 0 Å². The van der Waals surface area contributed by atoms with E-state index in [4.69, 9.17) is 4.52 Å². The lowest BCUT2D eigenvalue weighted by molar-refractivity contribution is 0.0589. The van der Waals surface area contributed by atoms with Crippen molar-refractivity contribution in [1.82, 2.24) is 5.16 Å². The first-order chi connectivity index (χ1) is 5.95. The van der Waals surface area contributed by atoms with Gasteiger partial charge in [-0.05, 0) is 0 Å². The number of rotatable bonds is 2. The van der Waals surface area contributed by atoms with E-state index in [0.29, 0.717) is 0 Å². The second-order valence-corrected chi connectivity index (χ2v) is 8.81.